The van der Waals surface area contributed by atoms with E-state index >= 15 is 0 Å². The second kappa shape index (κ2) is 7.24. The van der Waals surface area contributed by atoms with Gasteiger partial charge in [0.1, 0.15) is 11.4 Å². The van der Waals surface area contributed by atoms with Gasteiger partial charge in [0.05, 0.1) is 31.6 Å². The number of ether oxygens (including phenoxy) is 2. The van der Waals surface area contributed by atoms with Crippen molar-refractivity contribution in [3.63, 3.8) is 0 Å². The second-order valence-corrected chi connectivity index (χ2v) is 8.79. The van der Waals surface area contributed by atoms with Crippen LogP contribution in [0.15, 0.2) is 60.7 Å². The molecule has 0 radical (unpaired) electrons. The Hall–Kier alpha value is -3.12. The summed E-state index contributed by atoms with van der Waals surface area (Å²) < 4.78 is 11.4. The molecule has 3 aliphatic heterocycles. The quantitative estimate of drug-likeness (QED) is 0.751. The zero-order chi connectivity index (χ0) is 21.8. The molecule has 4 atom stereocenters. The van der Waals surface area contributed by atoms with Gasteiger partial charge in [-0.15, -0.1) is 0 Å². The van der Waals surface area contributed by atoms with E-state index in [4.69, 9.17) is 9.47 Å². The summed E-state index contributed by atoms with van der Waals surface area (Å²) in [5, 5.41) is 2.99. The van der Waals surface area contributed by atoms with E-state index in [0.717, 1.165) is 17.1 Å². The lowest BCUT2D eigenvalue weighted by atomic mass is 9.76. The fourth-order valence-electron chi connectivity index (χ4n) is 4.96. The van der Waals surface area contributed by atoms with Gasteiger partial charge < -0.3 is 19.7 Å². The molecule has 5 rings (SSSR count). The van der Waals surface area contributed by atoms with Gasteiger partial charge in [0, 0.05) is 11.4 Å². The van der Waals surface area contributed by atoms with E-state index in [1.54, 1.807) is 12.0 Å². The topological polar surface area (TPSA) is 67.9 Å². The van der Waals surface area contributed by atoms with Gasteiger partial charge >= 0.3 is 0 Å². The van der Waals surface area contributed by atoms with Gasteiger partial charge in [0.25, 0.3) is 0 Å². The van der Waals surface area contributed by atoms with Crippen LogP contribution in [0.25, 0.3) is 0 Å². The van der Waals surface area contributed by atoms with Crippen LogP contribution in [0.2, 0.25) is 0 Å². The summed E-state index contributed by atoms with van der Waals surface area (Å²) in [6, 6.07) is 15.2. The predicted molar refractivity (Wildman–Crippen MR) is 118 cm³/mol. The molecule has 2 amide bonds. The monoisotopic (exact) mass is 418 g/mol. The maximum absolute atomic E-state index is 13.4. The number of hydrogen-bond donors (Lipinski definition) is 1. The largest absolute Gasteiger partial charge is 0.497 e. The third-order valence-electron chi connectivity index (χ3n) is 6.63. The molecule has 2 aromatic carbocycles. The van der Waals surface area contributed by atoms with Crippen molar-refractivity contribution in [1.82, 2.24) is 0 Å². The molecular weight excluding hydrogens is 392 g/mol. The van der Waals surface area contributed by atoms with Gasteiger partial charge in [-0.3, -0.25) is 9.59 Å². The van der Waals surface area contributed by atoms with Gasteiger partial charge in [-0.05, 0) is 47.9 Å². The highest BCUT2D eigenvalue weighted by atomic mass is 16.5. The SMILES string of the molecule is COc1ccc(N2C[C@]34C=C[C@@H](O3)[C@H](C(=O)Nc3ccc(C(C)C)cc3)[C@H]4C2=O)cc1. The number of benzene rings is 2. The van der Waals surface area contributed by atoms with Gasteiger partial charge in [0.2, 0.25) is 11.8 Å². The Morgan fingerprint density at radius 1 is 1.16 bits per heavy atom. The minimum Gasteiger partial charge on any atom is -0.497 e. The molecule has 3 aliphatic rings. The van der Waals surface area contributed by atoms with E-state index < -0.39 is 17.4 Å². The van der Waals surface area contributed by atoms with Crippen LogP contribution in [0.1, 0.15) is 25.3 Å². The molecular formula is C25H26N2O4. The summed E-state index contributed by atoms with van der Waals surface area (Å²) in [7, 11) is 1.61. The first-order chi connectivity index (χ1) is 14.9. The zero-order valence-corrected chi connectivity index (χ0v) is 17.9. The molecule has 2 saturated heterocycles. The summed E-state index contributed by atoms with van der Waals surface area (Å²) in [4.78, 5) is 28.4. The smallest absolute Gasteiger partial charge is 0.234 e. The number of anilines is 2. The van der Waals surface area contributed by atoms with E-state index in [9.17, 15) is 9.59 Å². The maximum Gasteiger partial charge on any atom is 0.234 e. The van der Waals surface area contributed by atoms with Crippen molar-refractivity contribution in [3.05, 3.63) is 66.2 Å². The Balaban J connectivity index is 1.38. The Morgan fingerprint density at radius 3 is 2.52 bits per heavy atom. The molecule has 0 aliphatic carbocycles. The van der Waals surface area contributed by atoms with Gasteiger partial charge in [0.15, 0.2) is 0 Å². The van der Waals surface area contributed by atoms with Crippen LogP contribution in [-0.2, 0) is 14.3 Å². The van der Waals surface area contributed by atoms with E-state index in [-0.39, 0.29) is 17.9 Å². The fourth-order valence-corrected chi connectivity index (χ4v) is 4.96. The first-order valence-corrected chi connectivity index (χ1v) is 10.7. The number of carbonyl (C=O) groups is 2. The molecule has 31 heavy (non-hydrogen) atoms. The van der Waals surface area contributed by atoms with Crippen LogP contribution in [-0.4, -0.2) is 37.2 Å². The van der Waals surface area contributed by atoms with Crippen LogP contribution in [0, 0.1) is 11.8 Å². The molecule has 2 fully saturated rings. The molecule has 0 unspecified atom stereocenters. The van der Waals surface area contributed by atoms with Crippen LogP contribution in [0.3, 0.4) is 0 Å². The highest BCUT2D eigenvalue weighted by Crippen LogP contribution is 2.52. The molecule has 1 N–H and O–H groups in total. The second-order valence-electron chi connectivity index (χ2n) is 8.79. The lowest BCUT2D eigenvalue weighted by Crippen LogP contribution is -2.41. The highest BCUT2D eigenvalue weighted by Gasteiger charge is 2.67. The van der Waals surface area contributed by atoms with Crippen molar-refractivity contribution in [2.24, 2.45) is 11.8 Å². The number of methoxy groups -OCH3 is 1. The average Bonchev–Trinajstić information content (AvgIpc) is 3.42. The number of nitrogens with one attached hydrogen (secondary N) is 1. The van der Waals surface area contributed by atoms with Crippen molar-refractivity contribution in [2.45, 2.75) is 31.5 Å². The molecule has 2 bridgehead atoms. The average molecular weight is 418 g/mol. The molecule has 1 spiro atoms. The number of hydrogen-bond acceptors (Lipinski definition) is 4. The van der Waals surface area contributed by atoms with Gasteiger partial charge in [-0.1, -0.05) is 38.1 Å². The Kier molecular flexibility index (Phi) is 4.63. The van der Waals surface area contributed by atoms with E-state index in [1.165, 1.54) is 5.56 Å². The van der Waals surface area contributed by atoms with E-state index in [2.05, 4.69) is 19.2 Å². The highest BCUT2D eigenvalue weighted by molar-refractivity contribution is 6.05. The summed E-state index contributed by atoms with van der Waals surface area (Å²) in [6.07, 6.45) is 3.51. The molecule has 6 nitrogen and oxygen atoms in total. The summed E-state index contributed by atoms with van der Waals surface area (Å²) >= 11 is 0. The van der Waals surface area contributed by atoms with Crippen molar-refractivity contribution in [1.29, 1.82) is 0 Å². The zero-order valence-electron chi connectivity index (χ0n) is 17.9. The number of carbonyl (C=O) groups excluding carboxylic acids is 2. The van der Waals surface area contributed by atoms with E-state index in [0.29, 0.717) is 12.5 Å². The normalized spacial score (nSPS) is 28.3. The standard InChI is InChI=1S/C25H26N2O4/c1-15(2)16-4-6-17(7-5-16)26-23(28)21-20-12-13-25(31-20)14-27(24(29)22(21)25)18-8-10-19(30-3)11-9-18/h4-13,15,20-22H,14H2,1-3H3,(H,26,28)/t20-,21+,22+,25+/m1/s1. The van der Waals surface area contributed by atoms with Crippen molar-refractivity contribution in [2.75, 3.05) is 23.9 Å². The van der Waals surface area contributed by atoms with Crippen LogP contribution >= 0.6 is 0 Å². The lowest BCUT2D eigenvalue weighted by Gasteiger charge is -2.23. The molecule has 6 heteroatoms. The molecule has 160 valence electrons. The Labute approximate surface area is 181 Å². The predicted octanol–water partition coefficient (Wildman–Crippen LogP) is 3.74. The van der Waals surface area contributed by atoms with Gasteiger partial charge in [-0.2, -0.15) is 0 Å². The Bertz CT molecular complexity index is 1040. The number of rotatable bonds is 5. The third-order valence-corrected chi connectivity index (χ3v) is 6.63. The molecule has 3 heterocycles. The number of fused-ring (bicyclic) bond motifs is 1. The summed E-state index contributed by atoms with van der Waals surface area (Å²) in [5.74, 6) is -0.179. The molecule has 0 saturated carbocycles. The molecule has 0 aromatic heterocycles. The van der Waals surface area contributed by atoms with Crippen LogP contribution < -0.4 is 15.0 Å². The Morgan fingerprint density at radius 2 is 1.87 bits per heavy atom. The number of nitrogens with zero attached hydrogens (tertiary/aromatic N) is 1. The maximum atomic E-state index is 13.4. The minimum absolute atomic E-state index is 0.0766. The lowest BCUT2D eigenvalue weighted by molar-refractivity contribution is -0.128. The van der Waals surface area contributed by atoms with Crippen molar-refractivity contribution >= 4 is 23.2 Å². The first-order valence-electron chi connectivity index (χ1n) is 10.7. The minimum atomic E-state index is -0.745. The summed E-state index contributed by atoms with van der Waals surface area (Å²) in [5.41, 5.74) is 1.97. The first kappa shape index (κ1) is 19.8. The van der Waals surface area contributed by atoms with Gasteiger partial charge in [-0.25, -0.2) is 0 Å². The van der Waals surface area contributed by atoms with Crippen molar-refractivity contribution in [3.8, 4) is 5.75 Å². The van der Waals surface area contributed by atoms with Crippen LogP contribution in [0.5, 0.6) is 5.75 Å². The summed E-state index contributed by atoms with van der Waals surface area (Å²) in [6.45, 7) is 4.67. The fraction of sp³-hybridized carbons (Fsp3) is 0.360. The third kappa shape index (κ3) is 3.13. The molecule has 2 aromatic rings. The number of amides is 2. The van der Waals surface area contributed by atoms with Crippen molar-refractivity contribution < 1.29 is 19.1 Å². The van der Waals surface area contributed by atoms with Crippen LogP contribution in [0.4, 0.5) is 11.4 Å². The van der Waals surface area contributed by atoms with E-state index in [1.807, 2.05) is 60.7 Å².